The normalized spacial score (nSPS) is 23.4. The molecular formula is C26H43N5. The van der Waals surface area contributed by atoms with Crippen LogP contribution in [0, 0.1) is 12.8 Å². The summed E-state index contributed by atoms with van der Waals surface area (Å²) in [6.07, 6.45) is 10.7. The Balaban J connectivity index is 1.12. The lowest BCUT2D eigenvalue weighted by molar-refractivity contribution is 0.150. The molecule has 1 aromatic rings. The van der Waals surface area contributed by atoms with Crippen LogP contribution in [0.1, 0.15) is 62.5 Å². The fourth-order valence-corrected chi connectivity index (χ4v) is 5.61. The second-order valence-electron chi connectivity index (χ2n) is 10.1. The number of hydrogen-bond donors (Lipinski definition) is 2. The Kier molecular flexibility index (Phi) is 8.26. The quantitative estimate of drug-likeness (QED) is 0.538. The van der Waals surface area contributed by atoms with Gasteiger partial charge in [0.2, 0.25) is 0 Å². The lowest BCUT2D eigenvalue weighted by Gasteiger charge is -2.37. The van der Waals surface area contributed by atoms with Crippen LogP contribution >= 0.6 is 0 Å². The van der Waals surface area contributed by atoms with E-state index in [-0.39, 0.29) is 0 Å². The van der Waals surface area contributed by atoms with Crippen LogP contribution in [0.5, 0.6) is 0 Å². The molecule has 31 heavy (non-hydrogen) atoms. The zero-order chi connectivity index (χ0) is 21.5. The molecule has 1 aromatic carbocycles. The van der Waals surface area contributed by atoms with E-state index in [0.29, 0.717) is 6.04 Å². The summed E-state index contributed by atoms with van der Waals surface area (Å²) in [7, 11) is 1.91. The van der Waals surface area contributed by atoms with Gasteiger partial charge in [-0.2, -0.15) is 0 Å². The number of likely N-dealkylation sites (tertiary alicyclic amines) is 2. The first-order valence-corrected chi connectivity index (χ1v) is 12.7. The zero-order valence-electron chi connectivity index (χ0n) is 19.8. The molecule has 0 radical (unpaired) electrons. The number of nitrogens with zero attached hydrogens (tertiary/aromatic N) is 3. The molecule has 0 aromatic heterocycles. The molecule has 1 saturated carbocycles. The minimum Gasteiger partial charge on any atom is -0.356 e. The van der Waals surface area contributed by atoms with Gasteiger partial charge in [-0.1, -0.05) is 42.7 Å². The summed E-state index contributed by atoms with van der Waals surface area (Å²) in [6, 6.07) is 10.4. The maximum Gasteiger partial charge on any atom is 0.191 e. The fourth-order valence-electron chi connectivity index (χ4n) is 5.61. The zero-order valence-corrected chi connectivity index (χ0v) is 19.8. The molecule has 1 aliphatic carbocycles. The number of aryl methyl sites for hydroxylation is 1. The molecule has 4 rings (SSSR count). The highest BCUT2D eigenvalue weighted by atomic mass is 15.2. The van der Waals surface area contributed by atoms with Crippen molar-refractivity contribution in [3.05, 3.63) is 35.4 Å². The van der Waals surface area contributed by atoms with E-state index < -0.39 is 0 Å². The summed E-state index contributed by atoms with van der Waals surface area (Å²) in [6.45, 7) is 9.18. The highest BCUT2D eigenvalue weighted by molar-refractivity contribution is 5.79. The van der Waals surface area contributed by atoms with Gasteiger partial charge in [-0.3, -0.25) is 9.89 Å². The minimum atomic E-state index is 0.570. The van der Waals surface area contributed by atoms with Gasteiger partial charge in [-0.15, -0.1) is 0 Å². The summed E-state index contributed by atoms with van der Waals surface area (Å²) < 4.78 is 0. The molecule has 2 N–H and O–H groups in total. The van der Waals surface area contributed by atoms with Crippen LogP contribution in [0.3, 0.4) is 0 Å². The Morgan fingerprint density at radius 3 is 2.26 bits per heavy atom. The third-order valence-corrected chi connectivity index (χ3v) is 7.73. The minimum absolute atomic E-state index is 0.570. The molecule has 3 aliphatic rings. The molecule has 172 valence electrons. The van der Waals surface area contributed by atoms with Crippen molar-refractivity contribution in [3.8, 4) is 0 Å². The summed E-state index contributed by atoms with van der Waals surface area (Å²) in [5.74, 6) is 1.75. The van der Waals surface area contributed by atoms with Gasteiger partial charge in [-0.25, -0.2) is 0 Å². The van der Waals surface area contributed by atoms with Crippen molar-refractivity contribution in [2.45, 2.75) is 76.9 Å². The number of guanidine groups is 1. The van der Waals surface area contributed by atoms with Crippen molar-refractivity contribution in [1.82, 2.24) is 20.4 Å². The van der Waals surface area contributed by atoms with Crippen molar-refractivity contribution in [2.24, 2.45) is 10.9 Å². The molecule has 2 saturated heterocycles. The van der Waals surface area contributed by atoms with E-state index in [9.17, 15) is 0 Å². The number of hydrogen-bond acceptors (Lipinski definition) is 3. The van der Waals surface area contributed by atoms with E-state index in [4.69, 9.17) is 0 Å². The van der Waals surface area contributed by atoms with Crippen molar-refractivity contribution in [1.29, 1.82) is 0 Å². The van der Waals surface area contributed by atoms with Crippen LogP contribution in [0.25, 0.3) is 0 Å². The van der Waals surface area contributed by atoms with E-state index in [0.717, 1.165) is 31.0 Å². The lowest BCUT2D eigenvalue weighted by atomic mass is 9.96. The topological polar surface area (TPSA) is 42.9 Å². The van der Waals surface area contributed by atoms with Crippen molar-refractivity contribution in [2.75, 3.05) is 39.8 Å². The molecule has 0 amide bonds. The third kappa shape index (κ3) is 6.69. The standard InChI is InChI=1S/C26H43N5/c1-21-7-9-23(10-8-21)20-30-15-11-22(12-16-30)19-28-26(27-2)29-24-13-17-31(18-14-24)25-5-3-4-6-25/h7-10,22,24-25H,3-6,11-20H2,1-2H3,(H2,27,28,29). The van der Waals surface area contributed by atoms with Gasteiger partial charge in [0.05, 0.1) is 0 Å². The molecule has 5 heteroatoms. The van der Waals surface area contributed by atoms with Crippen LogP contribution in [-0.2, 0) is 6.54 Å². The summed E-state index contributed by atoms with van der Waals surface area (Å²) in [5, 5.41) is 7.33. The molecule has 2 aliphatic heterocycles. The number of rotatable bonds is 6. The van der Waals surface area contributed by atoms with Crippen LogP contribution in [0.15, 0.2) is 29.3 Å². The fraction of sp³-hybridized carbons (Fsp3) is 0.731. The van der Waals surface area contributed by atoms with E-state index in [1.807, 2.05) is 7.05 Å². The third-order valence-electron chi connectivity index (χ3n) is 7.73. The molecule has 0 spiro atoms. The second-order valence-corrected chi connectivity index (χ2v) is 10.1. The molecule has 5 nitrogen and oxygen atoms in total. The van der Waals surface area contributed by atoms with Crippen molar-refractivity contribution >= 4 is 5.96 Å². The first kappa shape index (κ1) is 22.6. The molecule has 2 heterocycles. The Hall–Kier alpha value is -1.59. The number of aliphatic imine (C=N–C) groups is 1. The van der Waals surface area contributed by atoms with Gasteiger partial charge in [-0.05, 0) is 70.0 Å². The van der Waals surface area contributed by atoms with Crippen LogP contribution in [0.4, 0.5) is 0 Å². The van der Waals surface area contributed by atoms with E-state index in [1.54, 1.807) is 0 Å². The SMILES string of the molecule is CN=C(NCC1CCN(Cc2ccc(C)cc2)CC1)NC1CCN(C2CCCC2)CC1. The summed E-state index contributed by atoms with van der Waals surface area (Å²) >= 11 is 0. The molecule has 0 atom stereocenters. The highest BCUT2D eigenvalue weighted by Gasteiger charge is 2.27. The monoisotopic (exact) mass is 425 g/mol. The number of piperidine rings is 2. The molecule has 3 fully saturated rings. The van der Waals surface area contributed by atoms with Gasteiger partial charge >= 0.3 is 0 Å². The predicted octanol–water partition coefficient (Wildman–Crippen LogP) is 3.78. The lowest BCUT2D eigenvalue weighted by Crippen LogP contribution is -2.51. The summed E-state index contributed by atoms with van der Waals surface area (Å²) in [4.78, 5) is 9.86. The Bertz CT molecular complexity index is 678. The van der Waals surface area contributed by atoms with E-state index >= 15 is 0 Å². The van der Waals surface area contributed by atoms with Crippen LogP contribution < -0.4 is 10.6 Å². The largest absolute Gasteiger partial charge is 0.356 e. The highest BCUT2D eigenvalue weighted by Crippen LogP contribution is 2.26. The summed E-state index contributed by atoms with van der Waals surface area (Å²) in [5.41, 5.74) is 2.78. The van der Waals surface area contributed by atoms with E-state index in [2.05, 4.69) is 56.6 Å². The Morgan fingerprint density at radius 2 is 1.61 bits per heavy atom. The van der Waals surface area contributed by atoms with Gasteiger partial charge in [0.1, 0.15) is 0 Å². The van der Waals surface area contributed by atoms with Gasteiger partial charge in [0.15, 0.2) is 5.96 Å². The van der Waals surface area contributed by atoms with E-state index in [1.165, 1.54) is 88.7 Å². The first-order chi connectivity index (χ1) is 15.2. The predicted molar refractivity (Wildman–Crippen MR) is 131 cm³/mol. The second kappa shape index (κ2) is 11.3. The average Bonchev–Trinajstić information content (AvgIpc) is 3.34. The molecular weight excluding hydrogens is 382 g/mol. The van der Waals surface area contributed by atoms with Gasteiger partial charge in [0, 0.05) is 45.3 Å². The first-order valence-electron chi connectivity index (χ1n) is 12.7. The van der Waals surface area contributed by atoms with Crippen molar-refractivity contribution < 1.29 is 0 Å². The average molecular weight is 426 g/mol. The van der Waals surface area contributed by atoms with Crippen molar-refractivity contribution in [3.63, 3.8) is 0 Å². The smallest absolute Gasteiger partial charge is 0.191 e. The maximum absolute atomic E-state index is 4.51. The number of nitrogens with one attached hydrogen (secondary N) is 2. The molecule has 0 bridgehead atoms. The van der Waals surface area contributed by atoms with Crippen LogP contribution in [-0.4, -0.2) is 67.6 Å². The maximum atomic E-state index is 4.51. The Morgan fingerprint density at radius 1 is 0.935 bits per heavy atom. The van der Waals surface area contributed by atoms with Gasteiger partial charge in [0.25, 0.3) is 0 Å². The van der Waals surface area contributed by atoms with Crippen LogP contribution in [0.2, 0.25) is 0 Å². The van der Waals surface area contributed by atoms with Gasteiger partial charge < -0.3 is 15.5 Å². The molecule has 0 unspecified atom stereocenters. The Labute approximate surface area is 189 Å². The number of benzene rings is 1.